The van der Waals surface area contributed by atoms with Crippen LogP contribution >= 0.6 is 22.9 Å². The number of rotatable bonds is 6. The predicted octanol–water partition coefficient (Wildman–Crippen LogP) is 2.83. The van der Waals surface area contributed by atoms with E-state index in [0.717, 1.165) is 23.2 Å². The van der Waals surface area contributed by atoms with E-state index in [2.05, 4.69) is 9.88 Å². The number of hydrogen-bond acceptors (Lipinski definition) is 3. The molecule has 0 aliphatic heterocycles. The molecule has 0 atom stereocenters. The third-order valence-corrected chi connectivity index (χ3v) is 4.67. The summed E-state index contributed by atoms with van der Waals surface area (Å²) in [6.07, 6.45) is 5.41. The van der Waals surface area contributed by atoms with Crippen molar-refractivity contribution >= 4 is 28.8 Å². The zero-order chi connectivity index (χ0) is 12.5. The molecule has 0 spiro atoms. The van der Waals surface area contributed by atoms with Crippen LogP contribution in [0.2, 0.25) is 0 Å². The molecule has 18 heavy (non-hydrogen) atoms. The molecule has 98 valence electrons. The molecule has 0 unspecified atom stereocenters. The molecule has 0 aromatic carbocycles. The molecule has 0 radical (unpaired) electrons. The molecule has 2 saturated carbocycles. The summed E-state index contributed by atoms with van der Waals surface area (Å²) in [6.45, 7) is 0.969. The van der Waals surface area contributed by atoms with Crippen LogP contribution in [-0.4, -0.2) is 28.4 Å². The Kier molecular flexibility index (Phi) is 3.57. The molecule has 2 aliphatic carbocycles. The molecule has 1 aromatic rings. The molecule has 1 heterocycles. The third kappa shape index (κ3) is 3.04. The summed E-state index contributed by atoms with van der Waals surface area (Å²) in [5, 5.41) is 2.84. The Morgan fingerprint density at radius 1 is 1.44 bits per heavy atom. The smallest absolute Gasteiger partial charge is 0.229 e. The Morgan fingerprint density at radius 3 is 2.78 bits per heavy atom. The summed E-state index contributed by atoms with van der Waals surface area (Å²) in [6, 6.07) is 0.519. The number of hydrogen-bond donors (Lipinski definition) is 0. The molecule has 1 aromatic heterocycles. The van der Waals surface area contributed by atoms with Crippen molar-refractivity contribution in [3.8, 4) is 0 Å². The van der Waals surface area contributed by atoms with Crippen LogP contribution in [0.15, 0.2) is 5.38 Å². The van der Waals surface area contributed by atoms with Gasteiger partial charge in [0.2, 0.25) is 5.91 Å². The molecule has 3 rings (SSSR count). The highest BCUT2D eigenvalue weighted by Gasteiger charge is 2.36. The second kappa shape index (κ2) is 5.17. The predicted molar refractivity (Wildman–Crippen MR) is 72.8 cm³/mol. The number of amides is 1. The van der Waals surface area contributed by atoms with Gasteiger partial charge >= 0.3 is 0 Å². The molecule has 1 amide bonds. The first kappa shape index (κ1) is 12.4. The lowest BCUT2D eigenvalue weighted by Gasteiger charge is -2.21. The summed E-state index contributed by atoms with van der Waals surface area (Å²) in [5.74, 6) is 1.45. The van der Waals surface area contributed by atoms with E-state index in [-0.39, 0.29) is 5.91 Å². The van der Waals surface area contributed by atoms with E-state index in [0.29, 0.717) is 18.3 Å². The van der Waals surface area contributed by atoms with Crippen molar-refractivity contribution in [1.82, 2.24) is 9.88 Å². The first-order valence-electron chi connectivity index (χ1n) is 6.55. The van der Waals surface area contributed by atoms with Crippen molar-refractivity contribution in [1.29, 1.82) is 0 Å². The van der Waals surface area contributed by atoms with Crippen molar-refractivity contribution in [2.75, 3.05) is 6.54 Å². The minimum atomic E-state index is 0.250. The van der Waals surface area contributed by atoms with Crippen molar-refractivity contribution in [2.45, 2.75) is 44.0 Å². The van der Waals surface area contributed by atoms with Crippen LogP contribution in [0.5, 0.6) is 0 Å². The summed E-state index contributed by atoms with van der Waals surface area (Å²) < 4.78 is 0. The van der Waals surface area contributed by atoms with Crippen molar-refractivity contribution in [3.63, 3.8) is 0 Å². The normalized spacial score (nSPS) is 18.9. The van der Waals surface area contributed by atoms with Crippen LogP contribution in [0.4, 0.5) is 0 Å². The Balaban J connectivity index is 1.60. The first-order valence-corrected chi connectivity index (χ1v) is 7.96. The van der Waals surface area contributed by atoms with Gasteiger partial charge in [0.15, 0.2) is 0 Å². The fraction of sp³-hybridized carbons (Fsp3) is 0.692. The van der Waals surface area contributed by atoms with E-state index in [9.17, 15) is 4.79 Å². The van der Waals surface area contributed by atoms with E-state index in [1.54, 1.807) is 11.3 Å². The molecule has 3 nitrogen and oxygen atoms in total. The van der Waals surface area contributed by atoms with E-state index in [1.807, 2.05) is 5.38 Å². The second-order valence-electron chi connectivity index (χ2n) is 5.26. The number of aromatic nitrogens is 1. The average Bonchev–Trinajstić information content (AvgIpc) is 3.26. The van der Waals surface area contributed by atoms with E-state index in [1.165, 1.54) is 25.7 Å². The SMILES string of the molecule is O=C(Cc1nc(CCl)cs1)N(CC1CC1)C1CC1. The molecule has 2 fully saturated rings. The van der Waals surface area contributed by atoms with Crippen LogP contribution in [0.3, 0.4) is 0 Å². The molecule has 0 N–H and O–H groups in total. The lowest BCUT2D eigenvalue weighted by atomic mass is 10.3. The maximum absolute atomic E-state index is 12.3. The van der Waals surface area contributed by atoms with E-state index in [4.69, 9.17) is 11.6 Å². The highest BCUT2D eigenvalue weighted by Crippen LogP contribution is 2.35. The summed E-state index contributed by atoms with van der Waals surface area (Å²) >= 11 is 7.27. The standard InChI is InChI=1S/C13H17ClN2OS/c14-6-10-8-18-12(15-10)5-13(17)16(11-3-4-11)7-9-1-2-9/h8-9,11H,1-7H2. The first-order chi connectivity index (χ1) is 8.76. The number of alkyl halides is 1. The molecular weight excluding hydrogens is 268 g/mol. The van der Waals surface area contributed by atoms with Gasteiger partial charge in [-0.25, -0.2) is 4.98 Å². The van der Waals surface area contributed by atoms with Gasteiger partial charge in [-0.15, -0.1) is 22.9 Å². The van der Waals surface area contributed by atoms with Gasteiger partial charge in [-0.3, -0.25) is 4.79 Å². The number of halogens is 1. The minimum absolute atomic E-state index is 0.250. The number of thiazole rings is 1. The monoisotopic (exact) mass is 284 g/mol. The quantitative estimate of drug-likeness (QED) is 0.753. The van der Waals surface area contributed by atoms with Crippen LogP contribution in [0.1, 0.15) is 36.4 Å². The topological polar surface area (TPSA) is 33.2 Å². The maximum Gasteiger partial charge on any atom is 0.229 e. The molecule has 5 heteroatoms. The Hall–Kier alpha value is -0.610. The lowest BCUT2D eigenvalue weighted by molar-refractivity contribution is -0.131. The van der Waals surface area contributed by atoms with E-state index >= 15 is 0 Å². The number of nitrogens with zero attached hydrogens (tertiary/aromatic N) is 2. The van der Waals surface area contributed by atoms with Gasteiger partial charge in [0.25, 0.3) is 0 Å². The van der Waals surface area contributed by atoms with Gasteiger partial charge in [-0.2, -0.15) is 0 Å². The number of carbonyl (C=O) groups excluding carboxylic acids is 1. The molecular formula is C13H17ClN2OS. The van der Waals surface area contributed by atoms with Gasteiger partial charge < -0.3 is 4.90 Å². The van der Waals surface area contributed by atoms with Gasteiger partial charge in [0.1, 0.15) is 5.01 Å². The van der Waals surface area contributed by atoms with E-state index < -0.39 is 0 Å². The minimum Gasteiger partial charge on any atom is -0.339 e. The van der Waals surface area contributed by atoms with Crippen LogP contribution in [0, 0.1) is 5.92 Å². The van der Waals surface area contributed by atoms with Crippen LogP contribution < -0.4 is 0 Å². The second-order valence-corrected chi connectivity index (χ2v) is 6.47. The Labute approximate surface area is 116 Å². The molecule has 0 bridgehead atoms. The van der Waals surface area contributed by atoms with Crippen LogP contribution in [-0.2, 0) is 17.1 Å². The van der Waals surface area contributed by atoms with Crippen molar-refractivity contribution < 1.29 is 4.79 Å². The summed E-state index contributed by atoms with van der Waals surface area (Å²) in [7, 11) is 0. The largest absolute Gasteiger partial charge is 0.339 e. The van der Waals surface area contributed by atoms with Crippen molar-refractivity contribution in [2.24, 2.45) is 5.92 Å². The van der Waals surface area contributed by atoms with Gasteiger partial charge in [0.05, 0.1) is 18.0 Å². The zero-order valence-electron chi connectivity index (χ0n) is 10.3. The zero-order valence-corrected chi connectivity index (χ0v) is 11.8. The van der Waals surface area contributed by atoms with Gasteiger partial charge in [-0.1, -0.05) is 0 Å². The van der Waals surface area contributed by atoms with Crippen molar-refractivity contribution in [3.05, 3.63) is 16.1 Å². The fourth-order valence-corrected chi connectivity index (χ4v) is 3.16. The maximum atomic E-state index is 12.3. The van der Waals surface area contributed by atoms with Gasteiger partial charge in [0, 0.05) is 18.0 Å². The third-order valence-electron chi connectivity index (χ3n) is 3.50. The fourth-order valence-electron chi connectivity index (χ4n) is 2.14. The highest BCUT2D eigenvalue weighted by atomic mass is 35.5. The summed E-state index contributed by atoms with van der Waals surface area (Å²) in [5.41, 5.74) is 0.879. The lowest BCUT2D eigenvalue weighted by Crippen LogP contribution is -2.36. The average molecular weight is 285 g/mol. The highest BCUT2D eigenvalue weighted by molar-refractivity contribution is 7.09. The Morgan fingerprint density at radius 2 is 2.22 bits per heavy atom. The molecule has 2 aliphatic rings. The Bertz CT molecular complexity index is 440. The van der Waals surface area contributed by atoms with Gasteiger partial charge in [-0.05, 0) is 31.6 Å². The number of carbonyl (C=O) groups is 1. The summed E-state index contributed by atoms with van der Waals surface area (Å²) in [4.78, 5) is 18.8. The molecule has 0 saturated heterocycles. The van der Waals surface area contributed by atoms with Crippen LogP contribution in [0.25, 0.3) is 0 Å².